The molecule has 0 saturated heterocycles. The van der Waals surface area contributed by atoms with E-state index in [1.54, 1.807) is 11.6 Å². The Morgan fingerprint density at radius 3 is 2.55 bits per heavy atom. The first-order valence-corrected chi connectivity index (χ1v) is 6.48. The minimum Gasteiger partial charge on any atom is -0.494 e. The molecule has 1 aromatic heterocycles. The first-order chi connectivity index (χ1) is 9.45. The number of benzene rings is 1. The van der Waals surface area contributed by atoms with Gasteiger partial charge in [0.2, 0.25) is 0 Å². The zero-order valence-electron chi connectivity index (χ0n) is 12.1. The third-order valence-corrected chi connectivity index (χ3v) is 3.26. The molecule has 5 nitrogen and oxygen atoms in total. The summed E-state index contributed by atoms with van der Waals surface area (Å²) in [5, 5.41) is 13.3. The van der Waals surface area contributed by atoms with Crippen LogP contribution in [0, 0.1) is 20.8 Å². The number of carboxylic acid groups (broad SMARTS) is 1. The third-order valence-electron chi connectivity index (χ3n) is 3.26. The van der Waals surface area contributed by atoms with Gasteiger partial charge in [-0.25, -0.2) is 9.48 Å². The van der Waals surface area contributed by atoms with Crippen molar-refractivity contribution in [1.82, 2.24) is 9.78 Å². The van der Waals surface area contributed by atoms with Crippen molar-refractivity contribution in [3.63, 3.8) is 0 Å². The number of carbonyl (C=O) groups is 1. The Morgan fingerprint density at radius 2 is 2.00 bits per heavy atom. The number of hydrogen-bond donors (Lipinski definition) is 1. The van der Waals surface area contributed by atoms with E-state index in [1.165, 1.54) is 6.20 Å². The molecule has 0 unspecified atom stereocenters. The van der Waals surface area contributed by atoms with Crippen molar-refractivity contribution < 1.29 is 14.6 Å². The maximum absolute atomic E-state index is 11.1. The van der Waals surface area contributed by atoms with E-state index in [0.717, 1.165) is 22.6 Å². The minimum atomic E-state index is -0.964. The molecule has 1 aromatic carbocycles. The highest BCUT2D eigenvalue weighted by molar-refractivity contribution is 5.88. The Labute approximate surface area is 117 Å². The summed E-state index contributed by atoms with van der Waals surface area (Å²) >= 11 is 0. The third kappa shape index (κ3) is 2.39. The molecule has 2 rings (SSSR count). The summed E-state index contributed by atoms with van der Waals surface area (Å²) in [6.07, 6.45) is 1.38. The van der Waals surface area contributed by atoms with E-state index < -0.39 is 5.97 Å². The van der Waals surface area contributed by atoms with Crippen LogP contribution in [0.2, 0.25) is 0 Å². The summed E-state index contributed by atoms with van der Waals surface area (Å²) in [6, 6.07) is 3.92. The number of aryl methyl sites for hydroxylation is 2. The molecular weight excluding hydrogens is 256 g/mol. The van der Waals surface area contributed by atoms with Gasteiger partial charge in [0.05, 0.1) is 24.2 Å². The normalized spacial score (nSPS) is 10.6. The molecule has 0 spiro atoms. The van der Waals surface area contributed by atoms with E-state index in [9.17, 15) is 4.79 Å². The number of aromatic carboxylic acids is 1. The highest BCUT2D eigenvalue weighted by Crippen LogP contribution is 2.26. The standard InChI is InChI=1S/C15H18N2O3/c1-5-20-14-7-9(2)13(6-10(14)3)17-11(4)12(8-16-17)15(18)19/h6-8H,5H2,1-4H3,(H,18,19). The summed E-state index contributed by atoms with van der Waals surface area (Å²) in [5.74, 6) is -0.119. The van der Waals surface area contributed by atoms with Crippen LogP contribution in [-0.2, 0) is 0 Å². The van der Waals surface area contributed by atoms with Crippen molar-refractivity contribution in [2.24, 2.45) is 0 Å². The molecule has 0 saturated carbocycles. The maximum atomic E-state index is 11.1. The summed E-state index contributed by atoms with van der Waals surface area (Å²) in [5.41, 5.74) is 3.69. The Balaban J connectivity index is 2.53. The zero-order chi connectivity index (χ0) is 14.9. The summed E-state index contributed by atoms with van der Waals surface area (Å²) in [4.78, 5) is 11.1. The van der Waals surface area contributed by atoms with Gasteiger partial charge in [-0.3, -0.25) is 0 Å². The van der Waals surface area contributed by atoms with Crippen LogP contribution >= 0.6 is 0 Å². The molecule has 1 N–H and O–H groups in total. The van der Waals surface area contributed by atoms with Crippen LogP contribution in [0.5, 0.6) is 5.75 Å². The topological polar surface area (TPSA) is 64.4 Å². The van der Waals surface area contributed by atoms with Gasteiger partial charge in [-0.1, -0.05) is 0 Å². The first kappa shape index (κ1) is 14.1. The van der Waals surface area contributed by atoms with Gasteiger partial charge in [0, 0.05) is 0 Å². The number of nitrogens with zero attached hydrogens (tertiary/aromatic N) is 2. The van der Waals surface area contributed by atoms with Gasteiger partial charge in [-0.15, -0.1) is 0 Å². The molecule has 0 aliphatic rings. The first-order valence-electron chi connectivity index (χ1n) is 6.48. The smallest absolute Gasteiger partial charge is 0.339 e. The fourth-order valence-corrected chi connectivity index (χ4v) is 2.18. The number of ether oxygens (including phenoxy) is 1. The lowest BCUT2D eigenvalue weighted by Gasteiger charge is -2.13. The van der Waals surface area contributed by atoms with E-state index >= 15 is 0 Å². The predicted molar refractivity (Wildman–Crippen MR) is 75.9 cm³/mol. The van der Waals surface area contributed by atoms with E-state index in [-0.39, 0.29) is 5.56 Å². The SMILES string of the molecule is CCOc1cc(C)c(-n2ncc(C(=O)O)c2C)cc1C. The molecule has 1 heterocycles. The zero-order valence-corrected chi connectivity index (χ0v) is 12.1. The molecule has 0 aliphatic carbocycles. The molecule has 0 radical (unpaired) electrons. The monoisotopic (exact) mass is 274 g/mol. The van der Waals surface area contributed by atoms with Crippen LogP contribution < -0.4 is 4.74 Å². The van der Waals surface area contributed by atoms with Gasteiger partial charge in [-0.2, -0.15) is 5.10 Å². The lowest BCUT2D eigenvalue weighted by atomic mass is 10.1. The molecule has 0 aliphatic heterocycles. The molecule has 0 fully saturated rings. The van der Waals surface area contributed by atoms with E-state index in [0.29, 0.717) is 12.3 Å². The highest BCUT2D eigenvalue weighted by atomic mass is 16.5. The molecule has 0 bridgehead atoms. The Morgan fingerprint density at radius 1 is 1.30 bits per heavy atom. The molecule has 0 atom stereocenters. The fraction of sp³-hybridized carbons (Fsp3) is 0.333. The van der Waals surface area contributed by atoms with Crippen LogP contribution in [0.4, 0.5) is 0 Å². The summed E-state index contributed by atoms with van der Waals surface area (Å²) in [6.45, 7) is 8.23. The van der Waals surface area contributed by atoms with E-state index in [1.807, 2.05) is 32.9 Å². The second-order valence-electron chi connectivity index (χ2n) is 4.70. The molecule has 2 aromatic rings. The van der Waals surface area contributed by atoms with Crippen LogP contribution in [0.1, 0.15) is 34.1 Å². The largest absolute Gasteiger partial charge is 0.494 e. The van der Waals surface area contributed by atoms with Crippen molar-refractivity contribution in [2.75, 3.05) is 6.61 Å². The van der Waals surface area contributed by atoms with Crippen LogP contribution in [0.3, 0.4) is 0 Å². The molecular formula is C15H18N2O3. The van der Waals surface area contributed by atoms with Crippen LogP contribution in [0.15, 0.2) is 18.3 Å². The van der Waals surface area contributed by atoms with Crippen molar-refractivity contribution >= 4 is 5.97 Å². The average molecular weight is 274 g/mol. The fourth-order valence-electron chi connectivity index (χ4n) is 2.18. The van der Waals surface area contributed by atoms with Crippen molar-refractivity contribution in [3.8, 4) is 11.4 Å². The van der Waals surface area contributed by atoms with Gasteiger partial charge in [0.25, 0.3) is 0 Å². The van der Waals surface area contributed by atoms with E-state index in [2.05, 4.69) is 5.10 Å². The Kier molecular flexibility index (Phi) is 3.79. The summed E-state index contributed by atoms with van der Waals surface area (Å²) < 4.78 is 7.21. The lowest BCUT2D eigenvalue weighted by molar-refractivity contribution is 0.0696. The van der Waals surface area contributed by atoms with Gasteiger partial charge in [-0.05, 0) is 51.0 Å². The lowest BCUT2D eigenvalue weighted by Crippen LogP contribution is -2.05. The number of carboxylic acids is 1. The Hall–Kier alpha value is -2.30. The number of rotatable bonds is 4. The average Bonchev–Trinajstić information content (AvgIpc) is 2.76. The van der Waals surface area contributed by atoms with Gasteiger partial charge in [0.15, 0.2) is 0 Å². The van der Waals surface area contributed by atoms with Crippen molar-refractivity contribution in [2.45, 2.75) is 27.7 Å². The van der Waals surface area contributed by atoms with Gasteiger partial charge >= 0.3 is 5.97 Å². The second kappa shape index (κ2) is 5.36. The number of aromatic nitrogens is 2. The van der Waals surface area contributed by atoms with E-state index in [4.69, 9.17) is 9.84 Å². The van der Waals surface area contributed by atoms with Crippen molar-refractivity contribution in [3.05, 3.63) is 40.7 Å². The van der Waals surface area contributed by atoms with Crippen LogP contribution in [0.25, 0.3) is 5.69 Å². The molecule has 106 valence electrons. The van der Waals surface area contributed by atoms with Crippen molar-refractivity contribution in [1.29, 1.82) is 0 Å². The molecule has 5 heteroatoms. The maximum Gasteiger partial charge on any atom is 0.339 e. The molecule has 20 heavy (non-hydrogen) atoms. The number of hydrogen-bond acceptors (Lipinski definition) is 3. The highest BCUT2D eigenvalue weighted by Gasteiger charge is 2.16. The Bertz CT molecular complexity index is 659. The van der Waals surface area contributed by atoms with Gasteiger partial charge in [0.1, 0.15) is 11.3 Å². The van der Waals surface area contributed by atoms with Gasteiger partial charge < -0.3 is 9.84 Å². The quantitative estimate of drug-likeness (QED) is 0.931. The second-order valence-corrected chi connectivity index (χ2v) is 4.70. The summed E-state index contributed by atoms with van der Waals surface area (Å²) in [7, 11) is 0. The predicted octanol–water partition coefficient (Wildman–Crippen LogP) is 2.89. The minimum absolute atomic E-state index is 0.218. The van der Waals surface area contributed by atoms with Crippen LogP contribution in [-0.4, -0.2) is 27.5 Å². The molecule has 0 amide bonds.